The van der Waals surface area contributed by atoms with Crippen LogP contribution >= 0.6 is 0 Å². The van der Waals surface area contributed by atoms with Crippen LogP contribution in [0, 0.1) is 11.8 Å². The van der Waals surface area contributed by atoms with Gasteiger partial charge in [-0.25, -0.2) is 0 Å². The minimum absolute atomic E-state index is 1.31. The predicted octanol–water partition coefficient (Wildman–Crippen LogP) is 3.78. The molecule has 0 N–H and O–H groups in total. The maximum Gasteiger partial charge on any atom is -0.0303 e. The Morgan fingerprint density at radius 2 is 1.00 bits per heavy atom. The molecular formula is C10H20. The van der Waals surface area contributed by atoms with Crippen molar-refractivity contribution in [1.82, 2.24) is 0 Å². The van der Waals surface area contributed by atoms with Gasteiger partial charge in [0.05, 0.1) is 0 Å². The summed E-state index contributed by atoms with van der Waals surface area (Å²) in [5.41, 5.74) is 0. The van der Waals surface area contributed by atoms with Crippen LogP contribution in [-0.2, 0) is 0 Å². The number of hydrogen-bond acceptors (Lipinski definition) is 0. The Morgan fingerprint density at radius 1 is 0.700 bits per heavy atom. The number of rotatable bonds is 5. The lowest BCUT2D eigenvalue weighted by molar-refractivity contribution is 0.657. The van der Waals surface area contributed by atoms with Crippen molar-refractivity contribution in [2.75, 3.05) is 0 Å². The highest BCUT2D eigenvalue weighted by atomic mass is 14.0. The lowest BCUT2D eigenvalue weighted by Crippen LogP contribution is -1.87. The molecule has 0 aromatic rings. The van der Waals surface area contributed by atoms with Crippen LogP contribution in [0.15, 0.2) is 0 Å². The fraction of sp³-hybridized carbons (Fsp3) is 0.800. The predicted molar refractivity (Wildman–Crippen MR) is 47.7 cm³/mol. The summed E-state index contributed by atoms with van der Waals surface area (Å²) in [5.74, 6) is 3.13. The second kappa shape index (κ2) is 5.76. The van der Waals surface area contributed by atoms with E-state index in [1.54, 1.807) is 11.8 Å². The van der Waals surface area contributed by atoms with E-state index < -0.39 is 0 Å². The summed E-state index contributed by atoms with van der Waals surface area (Å²) in [6.45, 7) is 8.84. The molecule has 0 aliphatic carbocycles. The van der Waals surface area contributed by atoms with Gasteiger partial charge < -0.3 is 0 Å². The third kappa shape index (κ3) is 8.00. The van der Waals surface area contributed by atoms with E-state index in [1.807, 2.05) is 0 Å². The summed E-state index contributed by atoms with van der Waals surface area (Å²) >= 11 is 0. The molecule has 0 bridgehead atoms. The molecule has 0 heterocycles. The standard InChI is InChI=1S/C10H20/c1-9(2)7-5-6-8-10(3)4/h5-8H2,1-4H3. The highest BCUT2D eigenvalue weighted by molar-refractivity contribution is 4.79. The van der Waals surface area contributed by atoms with Crippen LogP contribution in [0.1, 0.15) is 53.4 Å². The minimum atomic E-state index is 1.31. The second-order valence-corrected chi connectivity index (χ2v) is 3.62. The molecule has 0 fully saturated rings. The molecule has 0 unspecified atom stereocenters. The molecular weight excluding hydrogens is 120 g/mol. The Morgan fingerprint density at radius 3 is 1.20 bits per heavy atom. The summed E-state index contributed by atoms with van der Waals surface area (Å²) < 4.78 is 0. The molecule has 0 spiro atoms. The van der Waals surface area contributed by atoms with Gasteiger partial charge >= 0.3 is 0 Å². The van der Waals surface area contributed by atoms with E-state index in [0.29, 0.717) is 0 Å². The molecule has 2 radical (unpaired) electrons. The van der Waals surface area contributed by atoms with E-state index in [4.69, 9.17) is 0 Å². The summed E-state index contributed by atoms with van der Waals surface area (Å²) in [6, 6.07) is 0. The van der Waals surface area contributed by atoms with Crippen LogP contribution in [0.2, 0.25) is 0 Å². The average Bonchev–Trinajstić information content (AvgIpc) is 1.79. The Bertz CT molecular complexity index is 52.4. The first-order valence-corrected chi connectivity index (χ1v) is 4.21. The molecule has 0 heteroatoms. The van der Waals surface area contributed by atoms with Gasteiger partial charge in [0.1, 0.15) is 0 Å². The van der Waals surface area contributed by atoms with Crippen LogP contribution in [0.3, 0.4) is 0 Å². The van der Waals surface area contributed by atoms with Gasteiger partial charge in [0.25, 0.3) is 0 Å². The van der Waals surface area contributed by atoms with Gasteiger partial charge in [0, 0.05) is 0 Å². The van der Waals surface area contributed by atoms with Gasteiger partial charge in [-0.2, -0.15) is 0 Å². The molecule has 0 rings (SSSR count). The van der Waals surface area contributed by atoms with E-state index in [0.717, 1.165) is 0 Å². The van der Waals surface area contributed by atoms with E-state index in [1.165, 1.54) is 25.7 Å². The van der Waals surface area contributed by atoms with Crippen LogP contribution in [0.5, 0.6) is 0 Å². The first-order valence-electron chi connectivity index (χ1n) is 4.21. The van der Waals surface area contributed by atoms with Crippen LogP contribution in [0.4, 0.5) is 0 Å². The van der Waals surface area contributed by atoms with Gasteiger partial charge in [0.15, 0.2) is 0 Å². The molecule has 0 aliphatic heterocycles. The molecule has 60 valence electrons. The van der Waals surface area contributed by atoms with Crippen molar-refractivity contribution in [1.29, 1.82) is 0 Å². The van der Waals surface area contributed by atoms with E-state index >= 15 is 0 Å². The molecule has 0 saturated carbocycles. The quantitative estimate of drug-likeness (QED) is 0.510. The number of hydrogen-bond donors (Lipinski definition) is 0. The highest BCUT2D eigenvalue weighted by Crippen LogP contribution is 2.13. The van der Waals surface area contributed by atoms with E-state index in [-0.39, 0.29) is 0 Å². The normalized spacial score (nSPS) is 11.4. The summed E-state index contributed by atoms with van der Waals surface area (Å²) in [6.07, 6.45) is 5.36. The lowest BCUT2D eigenvalue weighted by Gasteiger charge is -2.04. The first kappa shape index (κ1) is 10.0. The monoisotopic (exact) mass is 140 g/mol. The van der Waals surface area contributed by atoms with Gasteiger partial charge in [-0.3, -0.25) is 0 Å². The van der Waals surface area contributed by atoms with Crippen molar-refractivity contribution in [3.63, 3.8) is 0 Å². The molecule has 0 aromatic heterocycles. The highest BCUT2D eigenvalue weighted by Gasteiger charge is 1.96. The largest absolute Gasteiger partial charge is 0.0594 e. The van der Waals surface area contributed by atoms with Crippen molar-refractivity contribution >= 4 is 0 Å². The zero-order valence-electron chi connectivity index (χ0n) is 7.83. The molecule has 0 atom stereocenters. The van der Waals surface area contributed by atoms with Crippen LogP contribution in [-0.4, -0.2) is 0 Å². The maximum absolute atomic E-state index is 2.21. The molecule has 0 nitrogen and oxygen atoms in total. The van der Waals surface area contributed by atoms with Crippen molar-refractivity contribution in [2.24, 2.45) is 0 Å². The topological polar surface area (TPSA) is 0 Å². The number of unbranched alkanes of at least 4 members (excludes halogenated alkanes) is 1. The zero-order chi connectivity index (χ0) is 7.98. The van der Waals surface area contributed by atoms with Crippen LogP contribution in [0.25, 0.3) is 0 Å². The Balaban J connectivity index is 2.91. The molecule has 0 aromatic carbocycles. The summed E-state index contributed by atoms with van der Waals surface area (Å²) in [5, 5.41) is 0. The third-order valence-electron chi connectivity index (χ3n) is 1.60. The fourth-order valence-electron chi connectivity index (χ4n) is 0.957. The fourth-order valence-corrected chi connectivity index (χ4v) is 0.957. The van der Waals surface area contributed by atoms with E-state index in [2.05, 4.69) is 27.7 Å². The first-order chi connectivity index (χ1) is 4.63. The van der Waals surface area contributed by atoms with Crippen LogP contribution < -0.4 is 0 Å². The van der Waals surface area contributed by atoms with Gasteiger partial charge in [0.2, 0.25) is 0 Å². The third-order valence-corrected chi connectivity index (χ3v) is 1.60. The van der Waals surface area contributed by atoms with Gasteiger partial charge in [-0.1, -0.05) is 40.5 Å². The van der Waals surface area contributed by atoms with Crippen molar-refractivity contribution in [3.05, 3.63) is 11.8 Å². The molecule has 0 amide bonds. The average molecular weight is 140 g/mol. The molecule has 0 aliphatic rings. The Kier molecular flexibility index (Phi) is 5.76. The molecule has 10 heavy (non-hydrogen) atoms. The maximum atomic E-state index is 2.21. The smallest absolute Gasteiger partial charge is 0.0303 e. The summed E-state index contributed by atoms with van der Waals surface area (Å²) in [7, 11) is 0. The SMILES string of the molecule is C[C](C)CCCC[C](C)C. The van der Waals surface area contributed by atoms with Gasteiger partial charge in [-0.15, -0.1) is 0 Å². The van der Waals surface area contributed by atoms with E-state index in [9.17, 15) is 0 Å². The minimum Gasteiger partial charge on any atom is -0.0594 e. The Labute approximate surface area is 66.0 Å². The Hall–Kier alpha value is 0. The summed E-state index contributed by atoms with van der Waals surface area (Å²) in [4.78, 5) is 0. The van der Waals surface area contributed by atoms with Crippen molar-refractivity contribution in [2.45, 2.75) is 53.4 Å². The second-order valence-electron chi connectivity index (χ2n) is 3.62. The van der Waals surface area contributed by atoms with Crippen molar-refractivity contribution < 1.29 is 0 Å². The van der Waals surface area contributed by atoms with Gasteiger partial charge in [-0.05, 0) is 24.7 Å². The van der Waals surface area contributed by atoms with Crippen molar-refractivity contribution in [3.8, 4) is 0 Å². The zero-order valence-corrected chi connectivity index (χ0v) is 7.83. The lowest BCUT2D eigenvalue weighted by atomic mass is 10.0. The molecule has 0 saturated heterocycles.